The first-order chi connectivity index (χ1) is 37.2. The van der Waals surface area contributed by atoms with Crippen molar-refractivity contribution in [2.24, 2.45) is 0 Å². The second kappa shape index (κ2) is 66.6. The predicted octanol–water partition coefficient (Wildman–Crippen LogP) is 23.3. The quantitative estimate of drug-likeness (QED) is 0.0420. The summed E-state index contributed by atoms with van der Waals surface area (Å²) in [7, 11) is 0. The molecule has 1 amide bonds. The van der Waals surface area contributed by atoms with Crippen LogP contribution in [0.15, 0.2) is 48.6 Å². The van der Waals surface area contributed by atoms with Crippen LogP contribution in [-0.4, -0.2) is 34.9 Å². The van der Waals surface area contributed by atoms with Crippen LogP contribution < -0.4 is 5.32 Å². The van der Waals surface area contributed by atoms with Crippen molar-refractivity contribution in [2.45, 2.75) is 392 Å². The first kappa shape index (κ1) is 73.3. The molecule has 2 unspecified atom stereocenters. The molecule has 0 aromatic heterocycles. The highest BCUT2D eigenvalue weighted by Gasteiger charge is 2.20. The number of rotatable bonds is 64. The third-order valence-corrected chi connectivity index (χ3v) is 16.1. The number of carbonyl (C=O) groups excluding carboxylic acids is 1. The van der Waals surface area contributed by atoms with E-state index < -0.39 is 12.1 Å². The number of unbranched alkanes of at least 4 members (excludes halogenated alkanes) is 49. The summed E-state index contributed by atoms with van der Waals surface area (Å²) < 4.78 is 0. The van der Waals surface area contributed by atoms with Gasteiger partial charge in [0.25, 0.3) is 0 Å². The maximum Gasteiger partial charge on any atom is 0.220 e. The topological polar surface area (TPSA) is 69.6 Å². The molecule has 3 N–H and O–H groups in total. The minimum absolute atomic E-state index is 0.0239. The van der Waals surface area contributed by atoms with Gasteiger partial charge in [-0.05, 0) is 51.4 Å². The standard InChI is InChI=1S/C71H135NO3/c1-3-5-7-9-11-13-15-17-19-21-23-25-27-29-31-33-35-36-37-39-41-43-45-47-49-51-53-55-57-59-61-63-65-67-71(75)72-69(68-73)70(74)66-64-62-60-58-56-54-52-50-48-46-44-42-40-38-34-32-30-28-26-24-22-20-18-16-14-12-10-8-6-4-2/h5,7,11,13,17,19,23,25,69-70,73-74H,3-4,6,8-10,12,14-16,18,20-22,24,26-68H2,1-2H3,(H,72,75)/b7-5-,13-11-,19-17-,25-23-. The lowest BCUT2D eigenvalue weighted by atomic mass is 10.0. The van der Waals surface area contributed by atoms with Crippen molar-refractivity contribution in [1.29, 1.82) is 0 Å². The van der Waals surface area contributed by atoms with Crippen LogP contribution in [0.4, 0.5) is 0 Å². The second-order valence-corrected chi connectivity index (χ2v) is 23.6. The largest absolute Gasteiger partial charge is 0.394 e. The lowest BCUT2D eigenvalue weighted by Crippen LogP contribution is -2.45. The van der Waals surface area contributed by atoms with Crippen molar-refractivity contribution in [3.63, 3.8) is 0 Å². The molecule has 0 aromatic carbocycles. The molecule has 0 radical (unpaired) electrons. The van der Waals surface area contributed by atoms with Gasteiger partial charge in [0.1, 0.15) is 0 Å². The summed E-state index contributed by atoms with van der Waals surface area (Å²) in [6.45, 7) is 4.29. The Morgan fingerprint density at radius 2 is 0.587 bits per heavy atom. The van der Waals surface area contributed by atoms with Gasteiger partial charge in [0.2, 0.25) is 5.91 Å². The average Bonchev–Trinajstić information content (AvgIpc) is 3.41. The van der Waals surface area contributed by atoms with E-state index in [9.17, 15) is 15.0 Å². The molecule has 0 spiro atoms. The minimum atomic E-state index is -0.661. The van der Waals surface area contributed by atoms with E-state index in [-0.39, 0.29) is 12.5 Å². The van der Waals surface area contributed by atoms with Crippen molar-refractivity contribution in [3.05, 3.63) is 48.6 Å². The summed E-state index contributed by atoms with van der Waals surface area (Å²) in [5.74, 6) is -0.0239. The van der Waals surface area contributed by atoms with E-state index >= 15 is 0 Å². The van der Waals surface area contributed by atoms with Crippen LogP contribution in [0.25, 0.3) is 0 Å². The SMILES string of the molecule is CC/C=C\C/C=C\C/C=C\C/C=C\CCCCCCCCCCCCCCCCCCCCCCC(=O)NC(CO)C(O)CCCCCCCCCCCCCCCCCCCCCCCCCCCCCCCC. The Kier molecular flexibility index (Phi) is 65.2. The smallest absolute Gasteiger partial charge is 0.220 e. The lowest BCUT2D eigenvalue weighted by molar-refractivity contribution is -0.123. The van der Waals surface area contributed by atoms with Crippen LogP contribution in [-0.2, 0) is 4.79 Å². The maximum atomic E-state index is 12.6. The molecule has 0 aliphatic carbocycles. The fourth-order valence-corrected chi connectivity index (χ4v) is 10.9. The zero-order chi connectivity index (χ0) is 54.1. The Labute approximate surface area is 471 Å². The van der Waals surface area contributed by atoms with Crippen LogP contribution in [0, 0.1) is 0 Å². The molecule has 0 aliphatic rings. The minimum Gasteiger partial charge on any atom is -0.394 e. The Hall–Kier alpha value is -1.65. The highest BCUT2D eigenvalue weighted by Crippen LogP contribution is 2.19. The fraction of sp³-hybridized carbons (Fsp3) is 0.873. The van der Waals surface area contributed by atoms with Gasteiger partial charge < -0.3 is 15.5 Å². The molecule has 0 aliphatic heterocycles. The maximum absolute atomic E-state index is 12.6. The summed E-state index contributed by atoms with van der Waals surface area (Å²) in [4.78, 5) is 12.6. The van der Waals surface area contributed by atoms with Crippen molar-refractivity contribution in [2.75, 3.05) is 6.61 Å². The van der Waals surface area contributed by atoms with E-state index in [1.807, 2.05) is 0 Å². The van der Waals surface area contributed by atoms with E-state index in [2.05, 4.69) is 67.8 Å². The van der Waals surface area contributed by atoms with Gasteiger partial charge in [0.15, 0.2) is 0 Å². The van der Waals surface area contributed by atoms with E-state index in [0.717, 1.165) is 51.4 Å². The number of aliphatic hydroxyl groups excluding tert-OH is 2. The summed E-state index contributed by atoms with van der Waals surface area (Å²) in [5.41, 5.74) is 0. The number of nitrogens with one attached hydrogen (secondary N) is 1. The molecule has 75 heavy (non-hydrogen) atoms. The highest BCUT2D eigenvalue weighted by molar-refractivity contribution is 5.76. The number of allylic oxidation sites excluding steroid dienone is 8. The molecule has 2 atom stereocenters. The zero-order valence-electron chi connectivity index (χ0n) is 51.1. The fourth-order valence-electron chi connectivity index (χ4n) is 10.9. The molecule has 0 saturated heterocycles. The van der Waals surface area contributed by atoms with Gasteiger partial charge in [-0.1, -0.05) is 371 Å². The first-order valence-electron chi connectivity index (χ1n) is 34.3. The van der Waals surface area contributed by atoms with Gasteiger partial charge in [-0.15, -0.1) is 0 Å². The number of amides is 1. The normalized spacial score (nSPS) is 13.0. The lowest BCUT2D eigenvalue weighted by Gasteiger charge is -2.22. The van der Waals surface area contributed by atoms with Gasteiger partial charge in [-0.3, -0.25) is 4.79 Å². The number of carbonyl (C=O) groups is 1. The van der Waals surface area contributed by atoms with Crippen LogP contribution in [0.1, 0.15) is 380 Å². The number of hydrogen-bond acceptors (Lipinski definition) is 3. The Bertz CT molecular complexity index is 1190. The van der Waals surface area contributed by atoms with Gasteiger partial charge in [-0.2, -0.15) is 0 Å². The van der Waals surface area contributed by atoms with E-state index in [0.29, 0.717) is 12.8 Å². The van der Waals surface area contributed by atoms with Crippen LogP contribution >= 0.6 is 0 Å². The Balaban J connectivity index is 3.39. The monoisotopic (exact) mass is 1050 g/mol. The number of aliphatic hydroxyl groups is 2. The van der Waals surface area contributed by atoms with Crippen LogP contribution in [0.3, 0.4) is 0 Å². The van der Waals surface area contributed by atoms with Gasteiger partial charge in [0.05, 0.1) is 18.8 Å². The van der Waals surface area contributed by atoms with Gasteiger partial charge in [-0.25, -0.2) is 0 Å². The Morgan fingerprint density at radius 1 is 0.333 bits per heavy atom. The van der Waals surface area contributed by atoms with Crippen LogP contribution in [0.2, 0.25) is 0 Å². The van der Waals surface area contributed by atoms with Gasteiger partial charge >= 0.3 is 0 Å². The molecule has 0 saturated carbocycles. The van der Waals surface area contributed by atoms with Gasteiger partial charge in [0, 0.05) is 6.42 Å². The van der Waals surface area contributed by atoms with Crippen LogP contribution in [0.5, 0.6) is 0 Å². The molecule has 0 bridgehead atoms. The van der Waals surface area contributed by atoms with Crippen molar-refractivity contribution < 1.29 is 15.0 Å². The third kappa shape index (κ3) is 63.1. The zero-order valence-corrected chi connectivity index (χ0v) is 51.1. The van der Waals surface area contributed by atoms with E-state index in [4.69, 9.17) is 0 Å². The summed E-state index contributed by atoms with van der Waals surface area (Å²) >= 11 is 0. The van der Waals surface area contributed by atoms with E-state index in [1.54, 1.807) is 0 Å². The average molecular weight is 1050 g/mol. The molecule has 4 nitrogen and oxygen atoms in total. The van der Waals surface area contributed by atoms with Crippen molar-refractivity contribution >= 4 is 5.91 Å². The molecule has 0 aromatic rings. The first-order valence-corrected chi connectivity index (χ1v) is 34.3. The Morgan fingerprint density at radius 3 is 0.880 bits per heavy atom. The molecule has 442 valence electrons. The van der Waals surface area contributed by atoms with E-state index in [1.165, 1.54) is 302 Å². The summed E-state index contributed by atoms with van der Waals surface area (Å²) in [6, 6.07) is -0.537. The second-order valence-electron chi connectivity index (χ2n) is 23.6. The molecule has 0 heterocycles. The number of hydrogen-bond donors (Lipinski definition) is 3. The molecule has 0 rings (SSSR count). The molecular weight excluding hydrogens is 915 g/mol. The molecule has 4 heteroatoms. The molecular formula is C71H135NO3. The van der Waals surface area contributed by atoms with Crippen molar-refractivity contribution in [3.8, 4) is 0 Å². The summed E-state index contributed by atoms with van der Waals surface area (Å²) in [5, 5.41) is 23.5. The van der Waals surface area contributed by atoms with Crippen molar-refractivity contribution in [1.82, 2.24) is 5.32 Å². The predicted molar refractivity (Wildman–Crippen MR) is 336 cm³/mol. The third-order valence-electron chi connectivity index (χ3n) is 16.1. The summed E-state index contributed by atoms with van der Waals surface area (Å²) in [6.07, 6.45) is 93.1. The highest BCUT2D eigenvalue weighted by atomic mass is 16.3. The molecule has 0 fully saturated rings.